The number of rotatable bonds is 6. The quantitative estimate of drug-likeness (QED) is 0.763. The molecule has 1 aromatic heterocycles. The third-order valence-corrected chi connectivity index (χ3v) is 5.08. The summed E-state index contributed by atoms with van der Waals surface area (Å²) in [6, 6.07) is 5.52. The first-order valence-electron chi connectivity index (χ1n) is 8.28. The zero-order chi connectivity index (χ0) is 18.0. The van der Waals surface area contributed by atoms with Gasteiger partial charge in [0, 0.05) is 44.5 Å². The van der Waals surface area contributed by atoms with Gasteiger partial charge in [-0.1, -0.05) is 12.1 Å². The van der Waals surface area contributed by atoms with Gasteiger partial charge in [-0.3, -0.25) is 19.4 Å². The Labute approximate surface area is 145 Å². The van der Waals surface area contributed by atoms with Gasteiger partial charge >= 0.3 is 5.97 Å². The molecule has 2 aliphatic rings. The van der Waals surface area contributed by atoms with E-state index in [9.17, 15) is 19.5 Å². The van der Waals surface area contributed by atoms with Crippen LogP contribution >= 0.6 is 0 Å². The Hall–Kier alpha value is -2.70. The maximum atomic E-state index is 12.5. The van der Waals surface area contributed by atoms with Crippen LogP contribution in [-0.4, -0.2) is 63.9 Å². The van der Waals surface area contributed by atoms with Crippen molar-refractivity contribution in [3.63, 3.8) is 0 Å². The van der Waals surface area contributed by atoms with Gasteiger partial charge in [-0.05, 0) is 18.6 Å². The molecule has 2 saturated heterocycles. The first-order chi connectivity index (χ1) is 12.0. The van der Waals surface area contributed by atoms with E-state index in [-0.39, 0.29) is 37.9 Å². The van der Waals surface area contributed by atoms with E-state index in [2.05, 4.69) is 11.6 Å². The highest BCUT2D eigenvalue weighted by molar-refractivity contribution is 5.94. The molecule has 0 aromatic carbocycles. The molecule has 132 valence electrons. The Morgan fingerprint density at radius 3 is 2.80 bits per heavy atom. The molecule has 0 unspecified atom stereocenters. The van der Waals surface area contributed by atoms with Crippen LogP contribution in [0.2, 0.25) is 0 Å². The number of pyridine rings is 1. The average Bonchev–Trinajstić information content (AvgIpc) is 3.11. The van der Waals surface area contributed by atoms with E-state index < -0.39 is 17.3 Å². The Kier molecular flexibility index (Phi) is 4.57. The van der Waals surface area contributed by atoms with Crippen LogP contribution in [0.5, 0.6) is 0 Å². The molecule has 0 saturated carbocycles. The Bertz CT molecular complexity index is 706. The monoisotopic (exact) mass is 343 g/mol. The molecule has 0 bridgehead atoms. The number of nitrogens with zero attached hydrogens (tertiary/aromatic N) is 3. The van der Waals surface area contributed by atoms with Crippen LogP contribution in [0, 0.1) is 11.3 Å². The van der Waals surface area contributed by atoms with Crippen molar-refractivity contribution in [2.45, 2.75) is 12.8 Å². The molecule has 2 amide bonds. The third kappa shape index (κ3) is 3.01. The summed E-state index contributed by atoms with van der Waals surface area (Å²) in [7, 11) is 0. The van der Waals surface area contributed by atoms with Crippen molar-refractivity contribution in [2.75, 3.05) is 26.2 Å². The van der Waals surface area contributed by atoms with Crippen molar-refractivity contribution in [1.82, 2.24) is 14.8 Å². The third-order valence-electron chi connectivity index (χ3n) is 5.08. The summed E-state index contributed by atoms with van der Waals surface area (Å²) in [6.07, 6.45) is 4.01. The molecule has 0 radical (unpaired) electrons. The number of carbonyl (C=O) groups is 3. The van der Waals surface area contributed by atoms with Crippen molar-refractivity contribution in [1.29, 1.82) is 0 Å². The highest BCUT2D eigenvalue weighted by Gasteiger charge is 2.62. The minimum atomic E-state index is -1.21. The summed E-state index contributed by atoms with van der Waals surface area (Å²) in [4.78, 5) is 44.1. The van der Waals surface area contributed by atoms with Crippen molar-refractivity contribution in [2.24, 2.45) is 11.3 Å². The lowest BCUT2D eigenvalue weighted by Crippen LogP contribution is -2.42. The minimum Gasteiger partial charge on any atom is -0.481 e. The molecule has 0 spiro atoms. The zero-order valence-electron chi connectivity index (χ0n) is 13.9. The molecule has 25 heavy (non-hydrogen) atoms. The van der Waals surface area contributed by atoms with Crippen LogP contribution < -0.4 is 0 Å². The fraction of sp³-hybridized carbons (Fsp3) is 0.444. The second kappa shape index (κ2) is 6.66. The van der Waals surface area contributed by atoms with Crippen LogP contribution in [0.15, 0.2) is 37.1 Å². The van der Waals surface area contributed by atoms with Gasteiger partial charge in [0.2, 0.25) is 11.8 Å². The van der Waals surface area contributed by atoms with Gasteiger partial charge in [-0.25, -0.2) is 0 Å². The molecule has 0 aliphatic carbocycles. The van der Waals surface area contributed by atoms with E-state index in [4.69, 9.17) is 0 Å². The van der Waals surface area contributed by atoms with Crippen molar-refractivity contribution >= 4 is 17.8 Å². The molecule has 2 fully saturated rings. The molecular formula is C18H21N3O4. The summed E-state index contributed by atoms with van der Waals surface area (Å²) in [5.41, 5.74) is -0.391. The molecule has 7 heteroatoms. The molecule has 2 aliphatic heterocycles. The van der Waals surface area contributed by atoms with Crippen LogP contribution in [0.1, 0.15) is 12.1 Å². The fourth-order valence-corrected chi connectivity index (χ4v) is 3.75. The number of fused-ring (bicyclic) bond motifs is 1. The predicted molar refractivity (Wildman–Crippen MR) is 89.5 cm³/mol. The van der Waals surface area contributed by atoms with Gasteiger partial charge in [0.1, 0.15) is 5.41 Å². The number of aryl methyl sites for hydroxylation is 1. The zero-order valence-corrected chi connectivity index (χ0v) is 13.9. The lowest BCUT2D eigenvalue weighted by molar-refractivity contribution is -0.150. The number of likely N-dealkylation sites (tertiary alicyclic amines) is 2. The van der Waals surface area contributed by atoms with Gasteiger partial charge in [0.15, 0.2) is 0 Å². The summed E-state index contributed by atoms with van der Waals surface area (Å²) in [5.74, 6) is -2.03. The van der Waals surface area contributed by atoms with Gasteiger partial charge in [0.25, 0.3) is 0 Å². The predicted octanol–water partition coefficient (Wildman–Crippen LogP) is 0.572. The number of aliphatic carboxylic acids is 1. The number of hydrogen-bond donors (Lipinski definition) is 1. The Balaban J connectivity index is 1.69. The summed E-state index contributed by atoms with van der Waals surface area (Å²) < 4.78 is 0. The first kappa shape index (κ1) is 17.1. The van der Waals surface area contributed by atoms with Gasteiger partial charge in [-0.2, -0.15) is 0 Å². The minimum absolute atomic E-state index is 0.0768. The lowest BCUT2D eigenvalue weighted by Gasteiger charge is -2.24. The van der Waals surface area contributed by atoms with E-state index in [0.717, 1.165) is 5.69 Å². The van der Waals surface area contributed by atoms with E-state index in [0.29, 0.717) is 13.0 Å². The highest BCUT2D eigenvalue weighted by Crippen LogP contribution is 2.43. The second-order valence-corrected chi connectivity index (χ2v) is 6.62. The van der Waals surface area contributed by atoms with Gasteiger partial charge in [-0.15, -0.1) is 6.58 Å². The van der Waals surface area contributed by atoms with Crippen molar-refractivity contribution in [3.05, 3.63) is 42.7 Å². The molecule has 3 heterocycles. The van der Waals surface area contributed by atoms with E-state index in [1.54, 1.807) is 12.3 Å². The average molecular weight is 343 g/mol. The molecule has 1 N–H and O–H groups in total. The number of carboxylic acids is 1. The standard InChI is InChI=1S/C18H21N3O4/c1-2-9-20-11-18(17(24)25)12-21(10-14(18)16(20)23)15(22)7-6-13-5-3-4-8-19-13/h2-5,8,14H,1,6-7,9-12H2,(H,24,25)/t14-,18+/m1/s1. The van der Waals surface area contributed by atoms with Gasteiger partial charge < -0.3 is 14.9 Å². The number of hydrogen-bond acceptors (Lipinski definition) is 4. The summed E-state index contributed by atoms with van der Waals surface area (Å²) in [5, 5.41) is 9.73. The SMILES string of the molecule is C=CCN1C[C@]2(C(=O)O)CN(C(=O)CCc3ccccn3)C[C@@H]2C1=O. The van der Waals surface area contributed by atoms with Crippen LogP contribution in [-0.2, 0) is 20.8 Å². The topological polar surface area (TPSA) is 90.8 Å². The summed E-state index contributed by atoms with van der Waals surface area (Å²) >= 11 is 0. The largest absolute Gasteiger partial charge is 0.481 e. The number of aromatic nitrogens is 1. The molecule has 2 atom stereocenters. The number of amides is 2. The maximum absolute atomic E-state index is 12.5. The smallest absolute Gasteiger partial charge is 0.314 e. The maximum Gasteiger partial charge on any atom is 0.314 e. The molecule has 7 nitrogen and oxygen atoms in total. The van der Waals surface area contributed by atoms with Crippen LogP contribution in [0.25, 0.3) is 0 Å². The number of carboxylic acid groups (broad SMARTS) is 1. The second-order valence-electron chi connectivity index (χ2n) is 6.62. The summed E-state index contributed by atoms with van der Waals surface area (Å²) in [6.45, 7) is 4.31. The van der Waals surface area contributed by atoms with Crippen LogP contribution in [0.4, 0.5) is 0 Å². The lowest BCUT2D eigenvalue weighted by atomic mass is 9.81. The van der Waals surface area contributed by atoms with Gasteiger partial charge in [0.05, 0.1) is 5.92 Å². The molecule has 3 rings (SSSR count). The van der Waals surface area contributed by atoms with Crippen LogP contribution in [0.3, 0.4) is 0 Å². The highest BCUT2D eigenvalue weighted by atomic mass is 16.4. The first-order valence-corrected chi connectivity index (χ1v) is 8.28. The molecule has 1 aromatic rings. The fourth-order valence-electron chi connectivity index (χ4n) is 3.75. The molecular weight excluding hydrogens is 322 g/mol. The Morgan fingerprint density at radius 2 is 2.20 bits per heavy atom. The van der Waals surface area contributed by atoms with E-state index in [1.165, 1.54) is 9.80 Å². The number of carbonyl (C=O) groups excluding carboxylic acids is 2. The van der Waals surface area contributed by atoms with E-state index >= 15 is 0 Å². The van der Waals surface area contributed by atoms with E-state index in [1.807, 2.05) is 18.2 Å². The van der Waals surface area contributed by atoms with Crippen molar-refractivity contribution < 1.29 is 19.5 Å². The normalized spacial score (nSPS) is 25.1. The Morgan fingerprint density at radius 1 is 1.40 bits per heavy atom. The van der Waals surface area contributed by atoms with Crippen molar-refractivity contribution in [3.8, 4) is 0 Å².